The van der Waals surface area contributed by atoms with Crippen molar-refractivity contribution in [3.63, 3.8) is 0 Å². The molecule has 0 amide bonds. The fourth-order valence-electron chi connectivity index (χ4n) is 1.95. The molecule has 6 heteroatoms. The second kappa shape index (κ2) is 6.21. The van der Waals surface area contributed by atoms with E-state index in [9.17, 15) is 5.11 Å². The van der Waals surface area contributed by atoms with E-state index in [0.717, 1.165) is 5.56 Å². The van der Waals surface area contributed by atoms with Crippen LogP contribution in [0.5, 0.6) is 17.2 Å². The van der Waals surface area contributed by atoms with Crippen LogP contribution in [0.15, 0.2) is 24.7 Å². The van der Waals surface area contributed by atoms with Crippen LogP contribution in [0.1, 0.15) is 5.56 Å². The van der Waals surface area contributed by atoms with E-state index < -0.39 is 0 Å². The number of hydrogen-bond acceptors (Lipinski definition) is 6. The first-order valence-corrected chi connectivity index (χ1v) is 5.95. The van der Waals surface area contributed by atoms with Crippen molar-refractivity contribution in [3.8, 4) is 28.5 Å². The zero-order valence-electron chi connectivity index (χ0n) is 11.6. The van der Waals surface area contributed by atoms with E-state index in [0.29, 0.717) is 28.5 Å². The van der Waals surface area contributed by atoms with Gasteiger partial charge in [0.1, 0.15) is 6.33 Å². The summed E-state index contributed by atoms with van der Waals surface area (Å²) in [6.45, 7) is -0.146. The molecule has 2 aromatic rings. The van der Waals surface area contributed by atoms with E-state index in [1.807, 2.05) is 0 Å². The van der Waals surface area contributed by atoms with Crippen LogP contribution in [0, 0.1) is 0 Å². The third-order valence-corrected chi connectivity index (χ3v) is 2.90. The lowest BCUT2D eigenvalue weighted by Crippen LogP contribution is -1.98. The third-order valence-electron chi connectivity index (χ3n) is 2.90. The average Bonchev–Trinajstić information content (AvgIpc) is 2.53. The number of nitrogens with zero attached hydrogens (tertiary/aromatic N) is 2. The maximum absolute atomic E-state index is 9.37. The fourth-order valence-corrected chi connectivity index (χ4v) is 1.95. The Morgan fingerprint density at radius 3 is 2.20 bits per heavy atom. The summed E-state index contributed by atoms with van der Waals surface area (Å²) in [7, 11) is 4.64. The van der Waals surface area contributed by atoms with Gasteiger partial charge in [0.25, 0.3) is 0 Å². The highest BCUT2D eigenvalue weighted by atomic mass is 16.5. The third kappa shape index (κ3) is 2.50. The maximum atomic E-state index is 9.37. The van der Waals surface area contributed by atoms with Crippen molar-refractivity contribution in [2.24, 2.45) is 0 Å². The molecule has 0 saturated carbocycles. The van der Waals surface area contributed by atoms with Gasteiger partial charge in [-0.25, -0.2) is 9.97 Å². The number of aliphatic hydroxyl groups is 1. The molecule has 1 aromatic heterocycles. The minimum atomic E-state index is -0.146. The topological polar surface area (TPSA) is 73.7 Å². The van der Waals surface area contributed by atoms with Gasteiger partial charge in [-0.2, -0.15) is 0 Å². The Hall–Kier alpha value is -2.34. The Balaban J connectivity index is 2.63. The zero-order chi connectivity index (χ0) is 14.5. The highest BCUT2D eigenvalue weighted by Gasteiger charge is 2.16. The smallest absolute Gasteiger partial charge is 0.203 e. The van der Waals surface area contributed by atoms with Gasteiger partial charge in [-0.3, -0.25) is 0 Å². The van der Waals surface area contributed by atoms with Gasteiger partial charge in [0.2, 0.25) is 5.75 Å². The maximum Gasteiger partial charge on any atom is 0.203 e. The van der Waals surface area contributed by atoms with Crippen LogP contribution in [-0.4, -0.2) is 36.4 Å². The molecule has 0 fully saturated rings. The highest BCUT2D eigenvalue weighted by Crippen LogP contribution is 2.41. The van der Waals surface area contributed by atoms with Crippen molar-refractivity contribution < 1.29 is 19.3 Å². The normalized spacial score (nSPS) is 10.2. The lowest BCUT2D eigenvalue weighted by Gasteiger charge is -2.14. The average molecular weight is 276 g/mol. The predicted molar refractivity (Wildman–Crippen MR) is 73.0 cm³/mol. The molecule has 0 unspecified atom stereocenters. The summed E-state index contributed by atoms with van der Waals surface area (Å²) in [5.74, 6) is 1.58. The number of methoxy groups -OCH3 is 3. The molecule has 106 valence electrons. The lowest BCUT2D eigenvalue weighted by atomic mass is 10.1. The SMILES string of the molecule is COc1cc(-c2ncncc2CO)cc(OC)c1OC. The number of aromatic nitrogens is 2. The van der Waals surface area contributed by atoms with Crippen LogP contribution in [0.25, 0.3) is 11.3 Å². The van der Waals surface area contributed by atoms with Crippen LogP contribution < -0.4 is 14.2 Å². The first kappa shape index (κ1) is 14.1. The van der Waals surface area contributed by atoms with E-state index >= 15 is 0 Å². The minimum Gasteiger partial charge on any atom is -0.493 e. The quantitative estimate of drug-likeness (QED) is 0.895. The molecule has 2 rings (SSSR count). The number of aliphatic hydroxyl groups excluding tert-OH is 1. The van der Waals surface area contributed by atoms with E-state index in [4.69, 9.17) is 14.2 Å². The van der Waals surface area contributed by atoms with Gasteiger partial charge in [0.05, 0.1) is 33.6 Å². The Labute approximate surface area is 117 Å². The van der Waals surface area contributed by atoms with Crippen LogP contribution >= 0.6 is 0 Å². The summed E-state index contributed by atoms with van der Waals surface area (Å²) in [6.07, 6.45) is 3.00. The van der Waals surface area contributed by atoms with Crippen molar-refractivity contribution in [1.29, 1.82) is 0 Å². The Morgan fingerprint density at radius 2 is 1.70 bits per heavy atom. The molecule has 1 heterocycles. The molecular weight excluding hydrogens is 260 g/mol. The van der Waals surface area contributed by atoms with E-state index in [1.165, 1.54) is 6.33 Å². The molecule has 20 heavy (non-hydrogen) atoms. The van der Waals surface area contributed by atoms with Gasteiger partial charge in [-0.1, -0.05) is 0 Å². The van der Waals surface area contributed by atoms with Gasteiger partial charge in [-0.15, -0.1) is 0 Å². The van der Waals surface area contributed by atoms with Gasteiger partial charge < -0.3 is 19.3 Å². The van der Waals surface area contributed by atoms with Crippen LogP contribution in [-0.2, 0) is 6.61 Å². The number of benzene rings is 1. The summed E-state index contributed by atoms with van der Waals surface area (Å²) in [5, 5.41) is 9.37. The van der Waals surface area contributed by atoms with Gasteiger partial charge in [0, 0.05) is 17.3 Å². The summed E-state index contributed by atoms with van der Waals surface area (Å²) in [5.41, 5.74) is 2.01. The molecule has 0 aliphatic heterocycles. The summed E-state index contributed by atoms with van der Waals surface area (Å²) in [6, 6.07) is 3.56. The molecule has 1 N–H and O–H groups in total. The molecule has 0 atom stereocenters. The van der Waals surface area contributed by atoms with E-state index in [1.54, 1.807) is 39.7 Å². The second-order valence-electron chi connectivity index (χ2n) is 3.97. The van der Waals surface area contributed by atoms with Crippen molar-refractivity contribution in [1.82, 2.24) is 9.97 Å². The van der Waals surface area contributed by atoms with E-state index in [2.05, 4.69) is 9.97 Å². The number of hydrogen-bond donors (Lipinski definition) is 1. The Bertz CT molecular complexity index is 576. The highest BCUT2D eigenvalue weighted by molar-refractivity contribution is 5.70. The monoisotopic (exact) mass is 276 g/mol. The lowest BCUT2D eigenvalue weighted by molar-refractivity contribution is 0.281. The number of rotatable bonds is 5. The summed E-state index contributed by atoms with van der Waals surface area (Å²) < 4.78 is 15.9. The predicted octanol–water partition coefficient (Wildman–Crippen LogP) is 1.66. The zero-order valence-corrected chi connectivity index (χ0v) is 11.6. The molecule has 0 aliphatic rings. The minimum absolute atomic E-state index is 0.146. The van der Waals surface area contributed by atoms with Crippen molar-refractivity contribution in [3.05, 3.63) is 30.2 Å². The molecule has 0 radical (unpaired) electrons. The molecule has 0 spiro atoms. The molecule has 0 aliphatic carbocycles. The second-order valence-corrected chi connectivity index (χ2v) is 3.97. The first-order valence-electron chi connectivity index (χ1n) is 5.95. The molecule has 6 nitrogen and oxygen atoms in total. The first-order chi connectivity index (χ1) is 9.74. The van der Waals surface area contributed by atoms with Crippen LogP contribution in [0.2, 0.25) is 0 Å². The number of ether oxygens (including phenoxy) is 3. The van der Waals surface area contributed by atoms with Crippen molar-refractivity contribution in [2.45, 2.75) is 6.61 Å². The molecular formula is C14H16N2O4. The van der Waals surface area contributed by atoms with Gasteiger partial charge in [0.15, 0.2) is 11.5 Å². The fraction of sp³-hybridized carbons (Fsp3) is 0.286. The Morgan fingerprint density at radius 1 is 1.05 bits per heavy atom. The molecule has 0 bridgehead atoms. The van der Waals surface area contributed by atoms with Crippen molar-refractivity contribution in [2.75, 3.05) is 21.3 Å². The summed E-state index contributed by atoms with van der Waals surface area (Å²) >= 11 is 0. The molecule has 1 aromatic carbocycles. The standard InChI is InChI=1S/C14H16N2O4/c1-18-11-4-9(5-12(19-2)14(11)20-3)13-10(7-17)6-15-8-16-13/h4-6,8,17H,7H2,1-3H3. The van der Waals surface area contributed by atoms with Gasteiger partial charge >= 0.3 is 0 Å². The largest absolute Gasteiger partial charge is 0.493 e. The Kier molecular flexibility index (Phi) is 4.37. The van der Waals surface area contributed by atoms with E-state index in [-0.39, 0.29) is 6.61 Å². The van der Waals surface area contributed by atoms with Crippen LogP contribution in [0.3, 0.4) is 0 Å². The van der Waals surface area contributed by atoms with Crippen molar-refractivity contribution >= 4 is 0 Å². The molecule has 0 saturated heterocycles. The van der Waals surface area contributed by atoms with Gasteiger partial charge in [-0.05, 0) is 12.1 Å². The summed E-state index contributed by atoms with van der Waals surface area (Å²) in [4.78, 5) is 8.11. The van der Waals surface area contributed by atoms with Crippen LogP contribution in [0.4, 0.5) is 0 Å².